The maximum Gasteiger partial charge on any atom is 0.171 e. The van der Waals surface area contributed by atoms with E-state index in [1.165, 1.54) is 36.4 Å². The molecule has 0 saturated carbocycles. The average molecular weight is 273 g/mol. The second kappa shape index (κ2) is 4.63. The van der Waals surface area contributed by atoms with Crippen molar-refractivity contribution in [3.63, 3.8) is 0 Å². The molecule has 0 spiro atoms. The summed E-state index contributed by atoms with van der Waals surface area (Å²) in [5.41, 5.74) is 0.403. The highest BCUT2D eigenvalue weighted by atomic mass is 35.5. The van der Waals surface area contributed by atoms with E-state index in [0.717, 1.165) is 0 Å². The van der Waals surface area contributed by atoms with Crippen LogP contribution in [0.15, 0.2) is 48.5 Å². The molecule has 17 heavy (non-hydrogen) atoms. The lowest BCUT2D eigenvalue weighted by atomic mass is 10.0. The van der Waals surface area contributed by atoms with E-state index in [4.69, 9.17) is 23.2 Å². The zero-order valence-electron chi connectivity index (χ0n) is 8.63. The Balaban J connectivity index is 2.53. The van der Waals surface area contributed by atoms with E-state index in [2.05, 4.69) is 0 Å². The first kappa shape index (κ1) is 12.3. The molecule has 0 fully saturated rings. The fourth-order valence-electron chi connectivity index (χ4n) is 1.56. The first-order valence-corrected chi connectivity index (χ1v) is 5.66. The predicted octanol–water partition coefficient (Wildman–Crippen LogP) is 4.64. The van der Waals surface area contributed by atoms with E-state index < -0.39 is 16.0 Å². The van der Waals surface area contributed by atoms with Crippen LogP contribution in [0.3, 0.4) is 0 Å². The molecule has 0 aliphatic heterocycles. The maximum absolute atomic E-state index is 13.6. The molecule has 0 bridgehead atoms. The Morgan fingerprint density at radius 2 is 1.59 bits per heavy atom. The second-order valence-electron chi connectivity index (χ2n) is 3.56. The molecule has 2 aromatic rings. The quantitative estimate of drug-likeness (QED) is 0.699. The van der Waals surface area contributed by atoms with Gasteiger partial charge < -0.3 is 0 Å². The van der Waals surface area contributed by atoms with Gasteiger partial charge in [0.1, 0.15) is 11.6 Å². The molecule has 4 heteroatoms. The van der Waals surface area contributed by atoms with Crippen LogP contribution < -0.4 is 0 Å². The summed E-state index contributed by atoms with van der Waals surface area (Å²) in [4.78, 5) is 0. The lowest BCUT2D eigenvalue weighted by Gasteiger charge is -2.21. The number of benzene rings is 2. The van der Waals surface area contributed by atoms with Crippen molar-refractivity contribution in [1.82, 2.24) is 0 Å². The fraction of sp³-hybridized carbons (Fsp3) is 0.0769. The minimum absolute atomic E-state index is 0.105. The van der Waals surface area contributed by atoms with E-state index in [1.54, 1.807) is 12.1 Å². The van der Waals surface area contributed by atoms with Gasteiger partial charge in [-0.1, -0.05) is 53.5 Å². The van der Waals surface area contributed by atoms with Gasteiger partial charge in [0, 0.05) is 5.56 Å². The van der Waals surface area contributed by atoms with Crippen LogP contribution in [0.1, 0.15) is 11.1 Å². The number of hydrogen-bond donors (Lipinski definition) is 0. The van der Waals surface area contributed by atoms with Crippen LogP contribution in [-0.2, 0) is 4.33 Å². The fourth-order valence-corrected chi connectivity index (χ4v) is 2.10. The maximum atomic E-state index is 13.6. The number of alkyl halides is 2. The normalized spacial score (nSPS) is 11.5. The van der Waals surface area contributed by atoms with E-state index in [1.807, 2.05) is 0 Å². The smallest absolute Gasteiger partial charge is 0.171 e. The van der Waals surface area contributed by atoms with Gasteiger partial charge in [-0.05, 0) is 23.8 Å². The Kier molecular flexibility index (Phi) is 3.36. The molecule has 88 valence electrons. The largest absolute Gasteiger partial charge is 0.207 e. The minimum atomic E-state index is -1.60. The van der Waals surface area contributed by atoms with Crippen LogP contribution in [0, 0.1) is 11.6 Å². The van der Waals surface area contributed by atoms with Crippen molar-refractivity contribution >= 4 is 23.2 Å². The summed E-state index contributed by atoms with van der Waals surface area (Å²) in [6, 6.07) is 11.4. The van der Waals surface area contributed by atoms with Crippen LogP contribution in [0.2, 0.25) is 0 Å². The lowest BCUT2D eigenvalue weighted by Crippen LogP contribution is -2.14. The van der Waals surface area contributed by atoms with Crippen molar-refractivity contribution < 1.29 is 8.78 Å². The zero-order chi connectivity index (χ0) is 12.5. The summed E-state index contributed by atoms with van der Waals surface area (Å²) < 4.78 is 25.1. The van der Waals surface area contributed by atoms with Crippen molar-refractivity contribution in [2.75, 3.05) is 0 Å². The summed E-state index contributed by atoms with van der Waals surface area (Å²) in [6.07, 6.45) is 0. The Morgan fingerprint density at radius 1 is 0.882 bits per heavy atom. The molecular formula is C13H8Cl2F2. The Labute approximate surface area is 108 Å². The summed E-state index contributed by atoms with van der Waals surface area (Å²) in [7, 11) is 0. The van der Waals surface area contributed by atoms with Gasteiger partial charge in [0.25, 0.3) is 0 Å². The highest BCUT2D eigenvalue weighted by Gasteiger charge is 2.31. The van der Waals surface area contributed by atoms with Gasteiger partial charge in [0.2, 0.25) is 0 Å². The molecule has 0 aliphatic rings. The zero-order valence-corrected chi connectivity index (χ0v) is 10.1. The highest BCUT2D eigenvalue weighted by Crippen LogP contribution is 2.41. The summed E-state index contributed by atoms with van der Waals surface area (Å²) in [6.45, 7) is 0. The molecule has 0 saturated heterocycles. The molecule has 0 nitrogen and oxygen atoms in total. The van der Waals surface area contributed by atoms with Crippen LogP contribution in [0.25, 0.3) is 0 Å². The summed E-state index contributed by atoms with van der Waals surface area (Å²) >= 11 is 12.2. The van der Waals surface area contributed by atoms with E-state index >= 15 is 0 Å². The van der Waals surface area contributed by atoms with E-state index in [9.17, 15) is 8.78 Å². The van der Waals surface area contributed by atoms with E-state index in [-0.39, 0.29) is 5.56 Å². The highest BCUT2D eigenvalue weighted by molar-refractivity contribution is 6.50. The van der Waals surface area contributed by atoms with Gasteiger partial charge in [0.05, 0.1) is 0 Å². The summed E-state index contributed by atoms with van der Waals surface area (Å²) in [5.74, 6) is -0.994. The van der Waals surface area contributed by atoms with Crippen molar-refractivity contribution in [3.05, 3.63) is 71.3 Å². The van der Waals surface area contributed by atoms with Gasteiger partial charge >= 0.3 is 0 Å². The first-order valence-electron chi connectivity index (χ1n) is 4.90. The van der Waals surface area contributed by atoms with Crippen LogP contribution in [0.5, 0.6) is 0 Å². The molecule has 2 aromatic carbocycles. The topological polar surface area (TPSA) is 0 Å². The van der Waals surface area contributed by atoms with Crippen LogP contribution >= 0.6 is 23.2 Å². The van der Waals surface area contributed by atoms with Gasteiger partial charge in [-0.25, -0.2) is 8.78 Å². The molecule has 0 aliphatic carbocycles. The molecule has 0 amide bonds. The molecule has 0 unspecified atom stereocenters. The van der Waals surface area contributed by atoms with Crippen molar-refractivity contribution in [2.24, 2.45) is 0 Å². The van der Waals surface area contributed by atoms with Crippen LogP contribution in [-0.4, -0.2) is 0 Å². The number of hydrogen-bond acceptors (Lipinski definition) is 0. The second-order valence-corrected chi connectivity index (χ2v) is 4.89. The molecule has 0 radical (unpaired) electrons. The SMILES string of the molecule is Fc1cccc(C(Cl)(Cl)c2ccccc2F)c1. The van der Waals surface area contributed by atoms with Gasteiger partial charge in [-0.15, -0.1) is 0 Å². The van der Waals surface area contributed by atoms with E-state index in [0.29, 0.717) is 5.56 Å². The number of halogens is 4. The first-order chi connectivity index (χ1) is 8.01. The Hall–Kier alpha value is -1.12. The molecular weight excluding hydrogens is 265 g/mol. The molecule has 2 rings (SSSR count). The monoisotopic (exact) mass is 272 g/mol. The predicted molar refractivity (Wildman–Crippen MR) is 65.3 cm³/mol. The standard InChI is InChI=1S/C13H8Cl2F2/c14-13(15,9-4-3-5-10(16)8-9)11-6-1-2-7-12(11)17/h1-8H. The average Bonchev–Trinajstić information content (AvgIpc) is 2.29. The van der Waals surface area contributed by atoms with Crippen molar-refractivity contribution in [2.45, 2.75) is 4.33 Å². The molecule has 0 atom stereocenters. The molecule has 0 aromatic heterocycles. The van der Waals surface area contributed by atoms with Crippen molar-refractivity contribution in [1.29, 1.82) is 0 Å². The summed E-state index contributed by atoms with van der Waals surface area (Å²) in [5, 5.41) is 0. The third-order valence-electron chi connectivity index (χ3n) is 2.40. The Bertz CT molecular complexity index is 538. The third kappa shape index (κ3) is 2.43. The molecule has 0 N–H and O–H groups in total. The third-order valence-corrected chi connectivity index (χ3v) is 3.24. The minimum Gasteiger partial charge on any atom is -0.207 e. The van der Waals surface area contributed by atoms with Crippen molar-refractivity contribution in [3.8, 4) is 0 Å². The van der Waals surface area contributed by atoms with Crippen LogP contribution in [0.4, 0.5) is 8.78 Å². The van der Waals surface area contributed by atoms with Gasteiger partial charge in [0.15, 0.2) is 4.33 Å². The number of rotatable bonds is 2. The molecule has 0 heterocycles. The lowest BCUT2D eigenvalue weighted by molar-refractivity contribution is 0.604. The Morgan fingerprint density at radius 3 is 2.24 bits per heavy atom. The van der Waals surface area contributed by atoms with Gasteiger partial charge in [-0.3, -0.25) is 0 Å². The van der Waals surface area contributed by atoms with Gasteiger partial charge in [-0.2, -0.15) is 0 Å².